The van der Waals surface area contributed by atoms with E-state index in [9.17, 15) is 13.2 Å². The smallest absolute Gasteiger partial charge is 0.261 e. The van der Waals surface area contributed by atoms with Crippen LogP contribution in [0.5, 0.6) is 0 Å². The summed E-state index contributed by atoms with van der Waals surface area (Å²) >= 11 is 6.24. The van der Waals surface area contributed by atoms with Gasteiger partial charge in [-0.2, -0.15) is 0 Å². The largest absolute Gasteiger partial charge is 0.349 e. The van der Waals surface area contributed by atoms with Crippen LogP contribution >= 0.6 is 11.6 Å². The third-order valence-corrected chi connectivity index (χ3v) is 7.28. The van der Waals surface area contributed by atoms with Crippen molar-refractivity contribution in [1.29, 1.82) is 0 Å². The van der Waals surface area contributed by atoms with Gasteiger partial charge in [-0.25, -0.2) is 8.42 Å². The zero-order valence-corrected chi connectivity index (χ0v) is 16.3. The quantitative estimate of drug-likeness (QED) is 0.789. The summed E-state index contributed by atoms with van der Waals surface area (Å²) in [5.41, 5.74) is 0.683. The molecule has 0 saturated heterocycles. The van der Waals surface area contributed by atoms with E-state index < -0.39 is 10.0 Å². The fourth-order valence-electron chi connectivity index (χ4n) is 4.22. The number of carbonyl (C=O) groups is 1. The highest BCUT2D eigenvalue weighted by Crippen LogP contribution is 2.44. The minimum atomic E-state index is -3.73. The molecule has 2 saturated carbocycles. The molecular formula is C20H21ClN2O3S. The number of carbonyl (C=O) groups excluding carboxylic acids is 1. The van der Waals surface area contributed by atoms with Gasteiger partial charge in [0.2, 0.25) is 0 Å². The number of amides is 1. The van der Waals surface area contributed by atoms with E-state index in [0.29, 0.717) is 11.5 Å². The zero-order chi connectivity index (χ0) is 19.0. The molecule has 2 aromatic rings. The standard InChI is InChI=1S/C20H21ClN2O3S/c21-17-12-15(20(24)22-19-11-13-6-7-14(19)10-13)8-9-18(17)23-27(25,26)16-4-2-1-3-5-16/h1-5,8-9,12-14,19,23H,6-7,10-11H2,(H,22,24)/t13-,14+,19-/m0/s1. The third-order valence-electron chi connectivity index (χ3n) is 5.58. The van der Waals surface area contributed by atoms with Gasteiger partial charge in [0.25, 0.3) is 15.9 Å². The van der Waals surface area contributed by atoms with Crippen molar-refractivity contribution in [3.05, 3.63) is 59.1 Å². The lowest BCUT2D eigenvalue weighted by Gasteiger charge is -2.23. The topological polar surface area (TPSA) is 75.3 Å². The number of hydrogen-bond acceptors (Lipinski definition) is 3. The second kappa shape index (κ2) is 7.17. The molecule has 0 heterocycles. The summed E-state index contributed by atoms with van der Waals surface area (Å²) in [7, 11) is -3.73. The number of hydrogen-bond donors (Lipinski definition) is 2. The average Bonchev–Trinajstić information content (AvgIpc) is 3.27. The summed E-state index contributed by atoms with van der Waals surface area (Å²) in [5.74, 6) is 1.18. The second-order valence-corrected chi connectivity index (χ2v) is 9.46. The van der Waals surface area contributed by atoms with Crippen LogP contribution in [0.4, 0.5) is 5.69 Å². The van der Waals surface area contributed by atoms with Crippen LogP contribution in [0.1, 0.15) is 36.0 Å². The highest BCUT2D eigenvalue weighted by Gasteiger charge is 2.40. The molecule has 2 aliphatic carbocycles. The van der Waals surface area contributed by atoms with Gasteiger partial charge in [-0.15, -0.1) is 0 Å². The lowest BCUT2D eigenvalue weighted by Crippen LogP contribution is -2.38. The SMILES string of the molecule is O=C(N[C@H]1C[C@H]2CC[C@@H]1C2)c1ccc(NS(=O)(=O)c2ccccc2)c(Cl)c1. The van der Waals surface area contributed by atoms with Crippen molar-refractivity contribution >= 4 is 33.2 Å². The Morgan fingerprint density at radius 2 is 1.81 bits per heavy atom. The maximum Gasteiger partial charge on any atom is 0.261 e. The first-order valence-corrected chi connectivity index (χ1v) is 11.0. The molecule has 0 spiro atoms. The minimum Gasteiger partial charge on any atom is -0.349 e. The number of nitrogens with one attached hydrogen (secondary N) is 2. The number of halogens is 1. The lowest BCUT2D eigenvalue weighted by molar-refractivity contribution is 0.0923. The monoisotopic (exact) mass is 404 g/mol. The molecule has 0 unspecified atom stereocenters. The van der Waals surface area contributed by atoms with Gasteiger partial charge in [-0.3, -0.25) is 9.52 Å². The maximum absolute atomic E-state index is 12.5. The zero-order valence-electron chi connectivity index (χ0n) is 14.7. The van der Waals surface area contributed by atoms with Gasteiger partial charge in [-0.1, -0.05) is 36.2 Å². The number of sulfonamides is 1. The molecule has 142 valence electrons. The Morgan fingerprint density at radius 3 is 2.44 bits per heavy atom. The van der Waals surface area contributed by atoms with Gasteiger partial charge in [0.05, 0.1) is 15.6 Å². The molecule has 2 fully saturated rings. The summed E-state index contributed by atoms with van der Waals surface area (Å²) in [6.45, 7) is 0. The van der Waals surface area contributed by atoms with Crippen molar-refractivity contribution in [2.45, 2.75) is 36.6 Å². The van der Waals surface area contributed by atoms with Crippen molar-refractivity contribution in [2.75, 3.05) is 4.72 Å². The summed E-state index contributed by atoms with van der Waals surface area (Å²) in [6.07, 6.45) is 4.74. The van der Waals surface area contributed by atoms with Crippen LogP contribution in [0.2, 0.25) is 5.02 Å². The van der Waals surface area contributed by atoms with E-state index in [2.05, 4.69) is 10.0 Å². The Balaban J connectivity index is 1.47. The molecule has 4 rings (SSSR count). The lowest BCUT2D eigenvalue weighted by atomic mass is 9.95. The average molecular weight is 405 g/mol. The third kappa shape index (κ3) is 3.82. The molecule has 0 aliphatic heterocycles. The summed E-state index contributed by atoms with van der Waals surface area (Å²) in [6, 6.07) is 12.9. The van der Waals surface area contributed by atoms with Gasteiger partial charge in [0.15, 0.2) is 0 Å². The molecule has 1 amide bonds. The number of fused-ring (bicyclic) bond motifs is 2. The molecule has 2 N–H and O–H groups in total. The molecule has 5 nitrogen and oxygen atoms in total. The summed E-state index contributed by atoms with van der Waals surface area (Å²) < 4.78 is 27.3. The van der Waals surface area contributed by atoms with Crippen LogP contribution in [-0.2, 0) is 10.0 Å². The number of benzene rings is 2. The molecule has 0 radical (unpaired) electrons. The molecule has 0 aromatic heterocycles. The van der Waals surface area contributed by atoms with E-state index in [4.69, 9.17) is 11.6 Å². The van der Waals surface area contributed by atoms with Crippen molar-refractivity contribution in [3.63, 3.8) is 0 Å². The van der Waals surface area contributed by atoms with E-state index in [0.717, 1.165) is 12.3 Å². The minimum absolute atomic E-state index is 0.152. The highest BCUT2D eigenvalue weighted by atomic mass is 35.5. The fourth-order valence-corrected chi connectivity index (χ4v) is 5.60. The summed E-state index contributed by atoms with van der Waals surface area (Å²) in [4.78, 5) is 12.7. The van der Waals surface area contributed by atoms with Gasteiger partial charge in [0.1, 0.15) is 0 Å². The molecule has 27 heavy (non-hydrogen) atoms. The second-order valence-electron chi connectivity index (χ2n) is 7.37. The molecular weight excluding hydrogens is 384 g/mol. The number of rotatable bonds is 5. The van der Waals surface area contributed by atoms with E-state index in [1.54, 1.807) is 24.3 Å². The van der Waals surface area contributed by atoms with E-state index in [1.165, 1.54) is 43.5 Å². The van der Waals surface area contributed by atoms with Crippen LogP contribution in [0.3, 0.4) is 0 Å². The molecule has 2 aliphatic rings. The van der Waals surface area contributed by atoms with Gasteiger partial charge in [-0.05, 0) is 61.4 Å². The van der Waals surface area contributed by atoms with Crippen LogP contribution in [0.25, 0.3) is 0 Å². The van der Waals surface area contributed by atoms with Crippen LogP contribution in [0.15, 0.2) is 53.4 Å². The highest BCUT2D eigenvalue weighted by molar-refractivity contribution is 7.92. The Bertz CT molecular complexity index is 962. The van der Waals surface area contributed by atoms with Crippen LogP contribution in [0, 0.1) is 11.8 Å². The van der Waals surface area contributed by atoms with Crippen molar-refractivity contribution in [2.24, 2.45) is 11.8 Å². The van der Waals surface area contributed by atoms with Crippen molar-refractivity contribution < 1.29 is 13.2 Å². The Kier molecular flexibility index (Phi) is 4.86. The van der Waals surface area contributed by atoms with Crippen LogP contribution < -0.4 is 10.0 Å². The first kappa shape index (κ1) is 18.3. The number of anilines is 1. The van der Waals surface area contributed by atoms with E-state index in [-0.39, 0.29) is 27.6 Å². The first-order chi connectivity index (χ1) is 12.9. The van der Waals surface area contributed by atoms with Crippen molar-refractivity contribution in [1.82, 2.24) is 5.32 Å². The molecule has 3 atom stereocenters. The molecule has 2 aromatic carbocycles. The van der Waals surface area contributed by atoms with Gasteiger partial charge in [0, 0.05) is 11.6 Å². The Labute approximate surface area is 164 Å². The molecule has 2 bridgehead atoms. The predicted molar refractivity (Wildman–Crippen MR) is 105 cm³/mol. The maximum atomic E-state index is 12.5. The summed E-state index contributed by atoms with van der Waals surface area (Å²) in [5, 5.41) is 3.30. The normalized spacial score (nSPS) is 24.0. The van der Waals surface area contributed by atoms with E-state index in [1.807, 2.05) is 0 Å². The first-order valence-electron chi connectivity index (χ1n) is 9.10. The predicted octanol–water partition coefficient (Wildman–Crippen LogP) is 4.06. The van der Waals surface area contributed by atoms with E-state index >= 15 is 0 Å². The fraction of sp³-hybridized carbons (Fsp3) is 0.350. The molecule has 7 heteroatoms. The van der Waals surface area contributed by atoms with Crippen LogP contribution in [-0.4, -0.2) is 20.4 Å². The van der Waals surface area contributed by atoms with Gasteiger partial charge < -0.3 is 5.32 Å². The Hall–Kier alpha value is -2.05. The Morgan fingerprint density at radius 1 is 1.04 bits per heavy atom. The van der Waals surface area contributed by atoms with Crippen molar-refractivity contribution in [3.8, 4) is 0 Å². The van der Waals surface area contributed by atoms with Gasteiger partial charge >= 0.3 is 0 Å².